The highest BCUT2D eigenvalue weighted by molar-refractivity contribution is 5.94. The summed E-state index contributed by atoms with van der Waals surface area (Å²) in [7, 11) is 0. The molecule has 1 amide bonds. The summed E-state index contributed by atoms with van der Waals surface area (Å²) >= 11 is 0. The van der Waals surface area contributed by atoms with E-state index in [9.17, 15) is 4.79 Å². The number of nitrogens with zero attached hydrogens (tertiary/aromatic N) is 2. The molecule has 1 aromatic carbocycles. The van der Waals surface area contributed by atoms with Gasteiger partial charge in [0.2, 0.25) is 5.91 Å². The summed E-state index contributed by atoms with van der Waals surface area (Å²) in [6, 6.07) is 11.3. The molecule has 0 unspecified atom stereocenters. The number of aryl methyl sites for hydroxylation is 2. The van der Waals surface area contributed by atoms with E-state index in [1.807, 2.05) is 50.2 Å². The molecular weight excluding hydrogens is 266 g/mol. The molecule has 0 bridgehead atoms. The van der Waals surface area contributed by atoms with Crippen LogP contribution < -0.4 is 5.32 Å². The predicted octanol–water partition coefficient (Wildman–Crippen LogP) is 3.02. The SMILES string of the molecule is Cc1cc(C)nc(NC(=O)Cc2noc3ccccc23)c1. The van der Waals surface area contributed by atoms with Crippen molar-refractivity contribution < 1.29 is 9.32 Å². The number of rotatable bonds is 3. The Labute approximate surface area is 122 Å². The fourth-order valence-electron chi connectivity index (χ4n) is 2.31. The fourth-order valence-corrected chi connectivity index (χ4v) is 2.31. The van der Waals surface area contributed by atoms with Gasteiger partial charge in [-0.05, 0) is 43.7 Å². The van der Waals surface area contributed by atoms with Gasteiger partial charge in [0.05, 0.1) is 6.42 Å². The average molecular weight is 281 g/mol. The zero-order valence-corrected chi connectivity index (χ0v) is 11.9. The molecule has 0 fully saturated rings. The maximum Gasteiger partial charge on any atom is 0.231 e. The first kappa shape index (κ1) is 13.3. The van der Waals surface area contributed by atoms with Crippen LogP contribution in [-0.4, -0.2) is 16.0 Å². The maximum atomic E-state index is 12.1. The van der Waals surface area contributed by atoms with Gasteiger partial charge in [0, 0.05) is 11.1 Å². The zero-order valence-electron chi connectivity index (χ0n) is 11.9. The van der Waals surface area contributed by atoms with E-state index >= 15 is 0 Å². The summed E-state index contributed by atoms with van der Waals surface area (Å²) in [5, 5.41) is 7.61. The number of hydrogen-bond acceptors (Lipinski definition) is 4. The Morgan fingerprint density at radius 3 is 2.86 bits per heavy atom. The maximum absolute atomic E-state index is 12.1. The summed E-state index contributed by atoms with van der Waals surface area (Å²) < 4.78 is 5.19. The van der Waals surface area contributed by atoms with Crippen LogP contribution in [-0.2, 0) is 11.2 Å². The number of carbonyl (C=O) groups is 1. The Kier molecular flexibility index (Phi) is 3.39. The van der Waals surface area contributed by atoms with Crippen LogP contribution in [0.3, 0.4) is 0 Å². The number of amides is 1. The quantitative estimate of drug-likeness (QED) is 0.801. The fraction of sp³-hybridized carbons (Fsp3) is 0.188. The van der Waals surface area contributed by atoms with E-state index in [-0.39, 0.29) is 12.3 Å². The second-order valence-electron chi connectivity index (χ2n) is 5.02. The van der Waals surface area contributed by atoms with Crippen molar-refractivity contribution in [3.8, 4) is 0 Å². The van der Waals surface area contributed by atoms with Gasteiger partial charge in [-0.2, -0.15) is 0 Å². The van der Waals surface area contributed by atoms with Crippen molar-refractivity contribution in [2.24, 2.45) is 0 Å². The molecule has 0 spiro atoms. The molecule has 0 aliphatic heterocycles. The van der Waals surface area contributed by atoms with E-state index < -0.39 is 0 Å². The number of para-hydroxylation sites is 1. The zero-order chi connectivity index (χ0) is 14.8. The Hall–Kier alpha value is -2.69. The lowest BCUT2D eigenvalue weighted by Crippen LogP contribution is -2.16. The highest BCUT2D eigenvalue weighted by atomic mass is 16.5. The summed E-state index contributed by atoms with van der Waals surface area (Å²) in [5.74, 6) is 0.400. The molecule has 0 saturated carbocycles. The van der Waals surface area contributed by atoms with Gasteiger partial charge < -0.3 is 9.84 Å². The van der Waals surface area contributed by atoms with Crippen LogP contribution in [0.2, 0.25) is 0 Å². The van der Waals surface area contributed by atoms with Crippen molar-refractivity contribution in [3.63, 3.8) is 0 Å². The van der Waals surface area contributed by atoms with E-state index in [2.05, 4.69) is 15.5 Å². The minimum atomic E-state index is -0.161. The van der Waals surface area contributed by atoms with Gasteiger partial charge in [-0.25, -0.2) is 4.98 Å². The van der Waals surface area contributed by atoms with Gasteiger partial charge in [-0.3, -0.25) is 4.79 Å². The molecule has 0 aliphatic carbocycles. The predicted molar refractivity (Wildman–Crippen MR) is 80.1 cm³/mol. The van der Waals surface area contributed by atoms with Crippen LogP contribution in [0.15, 0.2) is 40.9 Å². The van der Waals surface area contributed by atoms with Gasteiger partial charge in [0.15, 0.2) is 5.58 Å². The van der Waals surface area contributed by atoms with Gasteiger partial charge in [-0.15, -0.1) is 0 Å². The minimum Gasteiger partial charge on any atom is -0.356 e. The molecule has 21 heavy (non-hydrogen) atoms. The normalized spacial score (nSPS) is 10.8. The van der Waals surface area contributed by atoms with E-state index in [4.69, 9.17) is 4.52 Å². The van der Waals surface area contributed by atoms with Crippen molar-refractivity contribution in [2.75, 3.05) is 5.32 Å². The number of carbonyl (C=O) groups excluding carboxylic acids is 1. The monoisotopic (exact) mass is 281 g/mol. The molecule has 106 valence electrons. The average Bonchev–Trinajstić information content (AvgIpc) is 2.81. The third-order valence-corrected chi connectivity index (χ3v) is 3.15. The molecule has 1 N–H and O–H groups in total. The first-order valence-electron chi connectivity index (χ1n) is 6.70. The first-order chi connectivity index (χ1) is 10.1. The summed E-state index contributed by atoms with van der Waals surface area (Å²) in [4.78, 5) is 16.4. The topological polar surface area (TPSA) is 68.0 Å². The number of anilines is 1. The van der Waals surface area contributed by atoms with Gasteiger partial charge in [-0.1, -0.05) is 17.3 Å². The van der Waals surface area contributed by atoms with Crippen LogP contribution in [0.5, 0.6) is 0 Å². The van der Waals surface area contributed by atoms with Gasteiger partial charge in [0.25, 0.3) is 0 Å². The van der Waals surface area contributed by atoms with E-state index in [1.165, 1.54) is 0 Å². The highest BCUT2D eigenvalue weighted by Gasteiger charge is 2.12. The molecule has 0 aliphatic rings. The number of pyridine rings is 1. The van der Waals surface area contributed by atoms with E-state index in [1.54, 1.807) is 0 Å². The molecule has 2 heterocycles. The molecule has 0 radical (unpaired) electrons. The Balaban J connectivity index is 1.77. The first-order valence-corrected chi connectivity index (χ1v) is 6.70. The molecule has 3 rings (SSSR count). The van der Waals surface area contributed by atoms with Crippen LogP contribution >= 0.6 is 0 Å². The van der Waals surface area contributed by atoms with Crippen molar-refractivity contribution in [1.82, 2.24) is 10.1 Å². The molecular formula is C16H15N3O2. The second kappa shape index (κ2) is 5.36. The number of benzene rings is 1. The minimum absolute atomic E-state index is 0.158. The second-order valence-corrected chi connectivity index (χ2v) is 5.02. The van der Waals surface area contributed by atoms with Crippen LogP contribution in [0.4, 0.5) is 5.82 Å². The van der Waals surface area contributed by atoms with Crippen molar-refractivity contribution in [1.29, 1.82) is 0 Å². The number of nitrogens with one attached hydrogen (secondary N) is 1. The van der Waals surface area contributed by atoms with E-state index in [0.29, 0.717) is 17.1 Å². The molecule has 2 aromatic heterocycles. The molecule has 0 atom stereocenters. The van der Waals surface area contributed by atoms with Crippen molar-refractivity contribution in [3.05, 3.63) is 53.3 Å². The summed E-state index contributed by atoms with van der Waals surface area (Å²) in [5.41, 5.74) is 3.25. The summed E-state index contributed by atoms with van der Waals surface area (Å²) in [6.45, 7) is 3.86. The number of fused-ring (bicyclic) bond motifs is 1. The molecule has 0 saturated heterocycles. The third-order valence-electron chi connectivity index (χ3n) is 3.15. The highest BCUT2D eigenvalue weighted by Crippen LogP contribution is 2.18. The summed E-state index contributed by atoms with van der Waals surface area (Å²) in [6.07, 6.45) is 0.158. The molecule has 5 nitrogen and oxygen atoms in total. The molecule has 5 heteroatoms. The Morgan fingerprint density at radius 2 is 2.05 bits per heavy atom. The van der Waals surface area contributed by atoms with Crippen molar-refractivity contribution in [2.45, 2.75) is 20.3 Å². The van der Waals surface area contributed by atoms with Gasteiger partial charge >= 0.3 is 0 Å². The van der Waals surface area contributed by atoms with E-state index in [0.717, 1.165) is 16.6 Å². The third kappa shape index (κ3) is 2.91. The van der Waals surface area contributed by atoms with Crippen LogP contribution in [0, 0.1) is 13.8 Å². The number of hydrogen-bond donors (Lipinski definition) is 1. The number of aromatic nitrogens is 2. The smallest absolute Gasteiger partial charge is 0.231 e. The Bertz CT molecular complexity index is 788. The van der Waals surface area contributed by atoms with Gasteiger partial charge in [0.1, 0.15) is 11.5 Å². The van der Waals surface area contributed by atoms with Crippen molar-refractivity contribution >= 4 is 22.7 Å². The lowest BCUT2D eigenvalue weighted by atomic mass is 10.1. The van der Waals surface area contributed by atoms with Crippen LogP contribution in [0.1, 0.15) is 17.0 Å². The molecule has 3 aromatic rings. The largest absolute Gasteiger partial charge is 0.356 e. The Morgan fingerprint density at radius 1 is 1.24 bits per heavy atom. The lowest BCUT2D eigenvalue weighted by Gasteiger charge is -2.05. The van der Waals surface area contributed by atoms with Crippen LogP contribution in [0.25, 0.3) is 11.0 Å². The lowest BCUT2D eigenvalue weighted by molar-refractivity contribution is -0.115. The standard InChI is InChI=1S/C16H15N3O2/c1-10-7-11(2)17-15(8-10)18-16(20)9-13-12-5-3-4-6-14(12)21-19-13/h3-8H,9H2,1-2H3,(H,17,18,20).